The zero-order valence-electron chi connectivity index (χ0n) is 13.5. The van der Waals surface area contributed by atoms with Crippen molar-refractivity contribution in [2.45, 2.75) is 26.3 Å². The maximum absolute atomic E-state index is 14.3. The van der Waals surface area contributed by atoms with E-state index in [1.54, 1.807) is 12.1 Å². The van der Waals surface area contributed by atoms with Crippen molar-refractivity contribution in [3.8, 4) is 11.3 Å². The lowest BCUT2D eigenvalue weighted by atomic mass is 10.1. The van der Waals surface area contributed by atoms with E-state index in [1.807, 2.05) is 22.8 Å². The highest BCUT2D eigenvalue weighted by atomic mass is 79.9. The second-order valence-corrected chi connectivity index (χ2v) is 6.62. The van der Waals surface area contributed by atoms with Crippen LogP contribution in [0.4, 0.5) is 10.2 Å². The molecule has 0 radical (unpaired) electrons. The van der Waals surface area contributed by atoms with Crippen LogP contribution in [0.1, 0.15) is 24.7 Å². The van der Waals surface area contributed by atoms with Gasteiger partial charge < -0.3 is 10.3 Å². The molecule has 2 aromatic carbocycles. The number of imidazole rings is 1. The Morgan fingerprint density at radius 3 is 2.62 bits per heavy atom. The molecule has 0 bridgehead atoms. The number of hydrogen-bond donors (Lipinski definition) is 1. The lowest BCUT2D eigenvalue weighted by molar-refractivity contribution is 0.630. The number of hydrogen-bond acceptors (Lipinski definition) is 2. The summed E-state index contributed by atoms with van der Waals surface area (Å²) >= 11 is 3.39. The monoisotopic (exact) mass is 387 g/mol. The fraction of sp³-hybridized carbons (Fsp3) is 0.211. The molecule has 0 saturated carbocycles. The van der Waals surface area contributed by atoms with Crippen molar-refractivity contribution in [2.75, 3.05) is 5.73 Å². The Morgan fingerprint density at radius 2 is 1.92 bits per heavy atom. The molecule has 5 heteroatoms. The third-order valence-corrected chi connectivity index (χ3v) is 4.42. The van der Waals surface area contributed by atoms with Crippen LogP contribution in [-0.2, 0) is 13.0 Å². The third kappa shape index (κ3) is 3.36. The molecule has 0 aliphatic rings. The van der Waals surface area contributed by atoms with Gasteiger partial charge >= 0.3 is 0 Å². The first-order valence-electron chi connectivity index (χ1n) is 7.94. The van der Waals surface area contributed by atoms with Gasteiger partial charge in [0, 0.05) is 16.5 Å². The molecule has 0 aliphatic carbocycles. The standard InChI is InChI=1S/C19H19BrFN3/c1-2-6-17-23-18(15-11-14(20)9-10-16(15)21)19(22)24(17)12-13-7-4-3-5-8-13/h3-5,7-11H,2,6,12,22H2,1H3. The van der Waals surface area contributed by atoms with Gasteiger partial charge in [0.1, 0.15) is 23.2 Å². The maximum Gasteiger partial charge on any atom is 0.132 e. The lowest BCUT2D eigenvalue weighted by Crippen LogP contribution is -2.08. The number of benzene rings is 2. The number of nitrogens with two attached hydrogens (primary N) is 1. The molecule has 1 aromatic heterocycles. The molecule has 3 rings (SSSR count). The Labute approximate surface area is 149 Å². The molecule has 0 unspecified atom stereocenters. The highest BCUT2D eigenvalue weighted by Crippen LogP contribution is 2.31. The van der Waals surface area contributed by atoms with Crippen LogP contribution in [0.3, 0.4) is 0 Å². The summed E-state index contributed by atoms with van der Waals surface area (Å²) in [5.41, 5.74) is 8.42. The van der Waals surface area contributed by atoms with Crippen LogP contribution in [-0.4, -0.2) is 9.55 Å². The number of aromatic nitrogens is 2. The summed E-state index contributed by atoms with van der Waals surface area (Å²) in [5, 5.41) is 0. The number of halogens is 2. The van der Waals surface area contributed by atoms with Gasteiger partial charge in [-0.05, 0) is 30.2 Å². The summed E-state index contributed by atoms with van der Waals surface area (Å²) in [5.74, 6) is 1.06. The Morgan fingerprint density at radius 1 is 1.17 bits per heavy atom. The molecule has 0 atom stereocenters. The minimum Gasteiger partial charge on any atom is -0.383 e. The summed E-state index contributed by atoms with van der Waals surface area (Å²) in [6.45, 7) is 2.72. The minimum atomic E-state index is -0.322. The highest BCUT2D eigenvalue weighted by Gasteiger charge is 2.18. The highest BCUT2D eigenvalue weighted by molar-refractivity contribution is 9.10. The van der Waals surface area contributed by atoms with Crippen molar-refractivity contribution in [3.63, 3.8) is 0 Å². The fourth-order valence-electron chi connectivity index (χ4n) is 2.75. The molecule has 24 heavy (non-hydrogen) atoms. The van der Waals surface area contributed by atoms with Gasteiger partial charge in [0.15, 0.2) is 0 Å². The van der Waals surface area contributed by atoms with E-state index in [4.69, 9.17) is 5.73 Å². The number of anilines is 1. The second-order valence-electron chi connectivity index (χ2n) is 5.71. The average Bonchev–Trinajstić information content (AvgIpc) is 2.88. The topological polar surface area (TPSA) is 43.8 Å². The molecule has 3 aromatic rings. The first kappa shape index (κ1) is 16.7. The third-order valence-electron chi connectivity index (χ3n) is 3.93. The molecule has 0 amide bonds. The van der Waals surface area contributed by atoms with Crippen molar-refractivity contribution in [1.82, 2.24) is 9.55 Å². The van der Waals surface area contributed by atoms with Crippen LogP contribution >= 0.6 is 15.9 Å². The fourth-order valence-corrected chi connectivity index (χ4v) is 3.11. The lowest BCUT2D eigenvalue weighted by Gasteiger charge is -2.10. The molecule has 3 nitrogen and oxygen atoms in total. The smallest absolute Gasteiger partial charge is 0.132 e. The van der Waals surface area contributed by atoms with Crippen LogP contribution in [0, 0.1) is 5.82 Å². The Hall–Kier alpha value is -2.14. The molecule has 0 spiro atoms. The first-order valence-corrected chi connectivity index (χ1v) is 8.73. The molecule has 2 N–H and O–H groups in total. The van der Waals surface area contributed by atoms with Crippen LogP contribution in [0.5, 0.6) is 0 Å². The Kier molecular flexibility index (Phi) is 5.00. The van der Waals surface area contributed by atoms with E-state index in [2.05, 4.69) is 40.0 Å². The number of nitrogen functional groups attached to an aromatic ring is 1. The zero-order valence-corrected chi connectivity index (χ0v) is 15.1. The predicted octanol–water partition coefficient (Wildman–Crippen LogP) is 5.03. The summed E-state index contributed by atoms with van der Waals surface area (Å²) in [6.07, 6.45) is 1.75. The second kappa shape index (κ2) is 7.18. The van der Waals surface area contributed by atoms with Gasteiger partial charge in [0.2, 0.25) is 0 Å². The number of rotatable bonds is 5. The zero-order chi connectivity index (χ0) is 17.1. The quantitative estimate of drug-likeness (QED) is 0.666. The SMILES string of the molecule is CCCc1nc(-c2cc(Br)ccc2F)c(N)n1Cc1ccccc1. The summed E-state index contributed by atoms with van der Waals surface area (Å²) in [7, 11) is 0. The molecule has 0 fully saturated rings. The van der Waals surface area contributed by atoms with Gasteiger partial charge in [0.05, 0.1) is 6.54 Å². The van der Waals surface area contributed by atoms with E-state index in [0.717, 1.165) is 28.7 Å². The molecule has 1 heterocycles. The van der Waals surface area contributed by atoms with Gasteiger partial charge in [-0.2, -0.15) is 0 Å². The van der Waals surface area contributed by atoms with Crippen LogP contribution in [0.25, 0.3) is 11.3 Å². The van der Waals surface area contributed by atoms with Gasteiger partial charge in [-0.25, -0.2) is 9.37 Å². The molecule has 0 aliphatic heterocycles. The normalized spacial score (nSPS) is 11.0. The average molecular weight is 388 g/mol. The van der Waals surface area contributed by atoms with Crippen molar-refractivity contribution < 1.29 is 4.39 Å². The summed E-state index contributed by atoms with van der Waals surface area (Å²) in [6, 6.07) is 14.9. The number of nitrogens with zero attached hydrogens (tertiary/aromatic N) is 2. The van der Waals surface area contributed by atoms with Crippen LogP contribution < -0.4 is 5.73 Å². The largest absolute Gasteiger partial charge is 0.383 e. The van der Waals surface area contributed by atoms with Crippen molar-refractivity contribution in [3.05, 3.63) is 70.2 Å². The van der Waals surface area contributed by atoms with Gasteiger partial charge in [-0.3, -0.25) is 0 Å². The van der Waals surface area contributed by atoms with Crippen LogP contribution in [0.2, 0.25) is 0 Å². The Balaban J connectivity index is 2.09. The summed E-state index contributed by atoms with van der Waals surface area (Å²) < 4.78 is 17.0. The van der Waals surface area contributed by atoms with Crippen molar-refractivity contribution in [2.24, 2.45) is 0 Å². The van der Waals surface area contributed by atoms with E-state index in [-0.39, 0.29) is 5.82 Å². The van der Waals surface area contributed by atoms with Gasteiger partial charge in [-0.15, -0.1) is 0 Å². The van der Waals surface area contributed by atoms with E-state index in [0.29, 0.717) is 23.6 Å². The van der Waals surface area contributed by atoms with Crippen LogP contribution in [0.15, 0.2) is 53.0 Å². The number of aryl methyl sites for hydroxylation is 1. The van der Waals surface area contributed by atoms with E-state index < -0.39 is 0 Å². The van der Waals surface area contributed by atoms with Crippen molar-refractivity contribution in [1.29, 1.82) is 0 Å². The summed E-state index contributed by atoms with van der Waals surface area (Å²) in [4.78, 5) is 4.64. The minimum absolute atomic E-state index is 0.322. The predicted molar refractivity (Wildman–Crippen MR) is 99.3 cm³/mol. The molecule has 0 saturated heterocycles. The molecular weight excluding hydrogens is 369 g/mol. The maximum atomic E-state index is 14.3. The molecular formula is C19H19BrFN3. The van der Waals surface area contributed by atoms with E-state index >= 15 is 0 Å². The van der Waals surface area contributed by atoms with Gasteiger partial charge in [0.25, 0.3) is 0 Å². The van der Waals surface area contributed by atoms with E-state index in [9.17, 15) is 4.39 Å². The van der Waals surface area contributed by atoms with Crippen molar-refractivity contribution >= 4 is 21.7 Å². The van der Waals surface area contributed by atoms with E-state index in [1.165, 1.54) is 6.07 Å². The van der Waals surface area contributed by atoms with Gasteiger partial charge in [-0.1, -0.05) is 53.2 Å². The Bertz CT molecular complexity index is 843. The first-order chi connectivity index (χ1) is 11.6. The molecule has 124 valence electrons.